The molecule has 0 atom stereocenters. The molecule has 0 aliphatic heterocycles. The second kappa shape index (κ2) is 3.62. The Morgan fingerprint density at radius 2 is 2.00 bits per heavy atom. The molecule has 0 saturated carbocycles. The number of nitrogens with zero attached hydrogens (tertiary/aromatic N) is 1. The van der Waals surface area contributed by atoms with E-state index in [1.165, 1.54) is 0 Å². The van der Waals surface area contributed by atoms with E-state index in [0.29, 0.717) is 5.69 Å². The van der Waals surface area contributed by atoms with E-state index < -0.39 is 6.67 Å². The van der Waals surface area contributed by atoms with E-state index in [1.807, 2.05) is 37.3 Å². The molecule has 1 aromatic heterocycles. The zero-order chi connectivity index (χ0) is 9.97. The van der Waals surface area contributed by atoms with E-state index in [9.17, 15) is 4.39 Å². The lowest BCUT2D eigenvalue weighted by molar-refractivity contribution is 0.476. The van der Waals surface area contributed by atoms with Crippen LogP contribution in [0.5, 0.6) is 0 Å². The Labute approximate surface area is 81.8 Å². The highest BCUT2D eigenvalue weighted by Gasteiger charge is 2.06. The number of imidazole rings is 1. The summed E-state index contributed by atoms with van der Waals surface area (Å²) in [6, 6.07) is 9.69. The Bertz CT molecular complexity index is 420. The van der Waals surface area contributed by atoms with Crippen LogP contribution in [0.1, 0.15) is 11.4 Å². The van der Waals surface area contributed by atoms with Gasteiger partial charge in [-0.3, -0.25) is 0 Å². The van der Waals surface area contributed by atoms with Crippen molar-refractivity contribution >= 4 is 0 Å². The molecule has 0 aliphatic rings. The molecule has 0 amide bonds. The number of H-pyrrole nitrogens is 1. The predicted molar refractivity (Wildman–Crippen MR) is 53.6 cm³/mol. The number of hydrogen-bond acceptors (Lipinski definition) is 1. The van der Waals surface area contributed by atoms with Gasteiger partial charge >= 0.3 is 0 Å². The summed E-state index contributed by atoms with van der Waals surface area (Å²) in [4.78, 5) is 7.23. The molecule has 2 nitrogen and oxygen atoms in total. The summed E-state index contributed by atoms with van der Waals surface area (Å²) in [5, 5.41) is 0. The van der Waals surface area contributed by atoms with Gasteiger partial charge in [0.1, 0.15) is 12.5 Å². The lowest BCUT2D eigenvalue weighted by Crippen LogP contribution is -1.81. The number of nitrogens with one attached hydrogen (secondary N) is 1. The van der Waals surface area contributed by atoms with E-state index in [1.54, 1.807) is 0 Å². The van der Waals surface area contributed by atoms with Crippen LogP contribution in [0.15, 0.2) is 30.3 Å². The first-order chi connectivity index (χ1) is 6.81. The van der Waals surface area contributed by atoms with Gasteiger partial charge < -0.3 is 4.98 Å². The minimum absolute atomic E-state index is 0.490. The highest BCUT2D eigenvalue weighted by atomic mass is 19.1. The predicted octanol–water partition coefficient (Wildman–Crippen LogP) is 2.85. The first-order valence-electron chi connectivity index (χ1n) is 4.48. The second-order valence-corrected chi connectivity index (χ2v) is 3.16. The quantitative estimate of drug-likeness (QED) is 0.775. The Hall–Kier alpha value is -1.64. The number of hydrogen-bond donors (Lipinski definition) is 1. The van der Waals surface area contributed by atoms with Crippen molar-refractivity contribution < 1.29 is 4.39 Å². The standard InChI is InChI=1S/C11H11FN2/c1-8-10(7-12)14-11(13-8)9-5-3-2-4-6-9/h2-6H,7H2,1H3,(H,13,14). The summed E-state index contributed by atoms with van der Waals surface area (Å²) in [6.45, 7) is 1.31. The Morgan fingerprint density at radius 1 is 1.29 bits per heavy atom. The summed E-state index contributed by atoms with van der Waals surface area (Å²) in [5.74, 6) is 0.732. The molecule has 0 saturated heterocycles. The van der Waals surface area contributed by atoms with Crippen LogP contribution in [-0.4, -0.2) is 9.97 Å². The van der Waals surface area contributed by atoms with Crippen LogP contribution in [0.25, 0.3) is 11.4 Å². The highest BCUT2D eigenvalue weighted by molar-refractivity contribution is 5.55. The van der Waals surface area contributed by atoms with Crippen LogP contribution >= 0.6 is 0 Å². The van der Waals surface area contributed by atoms with Crippen LogP contribution in [0, 0.1) is 6.92 Å². The largest absolute Gasteiger partial charge is 0.342 e. The summed E-state index contributed by atoms with van der Waals surface area (Å²) in [6.07, 6.45) is 0. The fourth-order valence-electron chi connectivity index (χ4n) is 1.36. The van der Waals surface area contributed by atoms with Crippen LogP contribution in [-0.2, 0) is 6.67 Å². The van der Waals surface area contributed by atoms with Crippen molar-refractivity contribution in [2.45, 2.75) is 13.6 Å². The van der Waals surface area contributed by atoms with Crippen molar-refractivity contribution in [2.24, 2.45) is 0 Å². The fraction of sp³-hybridized carbons (Fsp3) is 0.182. The molecule has 2 aromatic rings. The molecular weight excluding hydrogens is 179 g/mol. The normalized spacial score (nSPS) is 10.4. The molecule has 0 radical (unpaired) electrons. The van der Waals surface area contributed by atoms with Gasteiger partial charge in [-0.2, -0.15) is 0 Å². The van der Waals surface area contributed by atoms with Crippen LogP contribution < -0.4 is 0 Å². The van der Waals surface area contributed by atoms with Crippen molar-refractivity contribution in [1.29, 1.82) is 0 Å². The number of benzene rings is 1. The third-order valence-electron chi connectivity index (χ3n) is 2.16. The molecule has 0 fully saturated rings. The van der Waals surface area contributed by atoms with Gasteiger partial charge in [0, 0.05) is 11.3 Å². The van der Waals surface area contributed by atoms with Gasteiger partial charge in [-0.05, 0) is 6.92 Å². The maximum absolute atomic E-state index is 12.4. The zero-order valence-corrected chi connectivity index (χ0v) is 7.92. The highest BCUT2D eigenvalue weighted by Crippen LogP contribution is 2.17. The molecule has 0 unspecified atom stereocenters. The molecule has 2 rings (SSSR count). The smallest absolute Gasteiger partial charge is 0.137 e. The average Bonchev–Trinajstić information content (AvgIpc) is 2.61. The van der Waals surface area contributed by atoms with E-state index in [2.05, 4.69) is 9.97 Å². The number of aromatic nitrogens is 2. The van der Waals surface area contributed by atoms with Crippen molar-refractivity contribution in [3.63, 3.8) is 0 Å². The molecule has 1 N–H and O–H groups in total. The van der Waals surface area contributed by atoms with Crippen molar-refractivity contribution in [1.82, 2.24) is 9.97 Å². The monoisotopic (exact) mass is 190 g/mol. The molecule has 1 heterocycles. The molecule has 1 aromatic carbocycles. The van der Waals surface area contributed by atoms with Gasteiger partial charge in [-0.25, -0.2) is 9.37 Å². The van der Waals surface area contributed by atoms with E-state index in [0.717, 1.165) is 17.1 Å². The first kappa shape index (κ1) is 8.94. The number of rotatable bonds is 2. The van der Waals surface area contributed by atoms with E-state index >= 15 is 0 Å². The van der Waals surface area contributed by atoms with Crippen LogP contribution in [0.4, 0.5) is 4.39 Å². The molecule has 72 valence electrons. The SMILES string of the molecule is Cc1[nH]c(-c2ccccc2)nc1CF. The van der Waals surface area contributed by atoms with Crippen LogP contribution in [0.2, 0.25) is 0 Å². The van der Waals surface area contributed by atoms with Crippen molar-refractivity contribution in [2.75, 3.05) is 0 Å². The van der Waals surface area contributed by atoms with E-state index in [4.69, 9.17) is 0 Å². The maximum atomic E-state index is 12.4. The third kappa shape index (κ3) is 1.53. The number of aromatic amines is 1. The van der Waals surface area contributed by atoms with E-state index in [-0.39, 0.29) is 0 Å². The second-order valence-electron chi connectivity index (χ2n) is 3.16. The first-order valence-corrected chi connectivity index (χ1v) is 4.48. The summed E-state index contributed by atoms with van der Waals surface area (Å²) < 4.78 is 12.4. The lowest BCUT2D eigenvalue weighted by atomic mass is 10.2. The molecule has 0 aliphatic carbocycles. The Balaban J connectivity index is 2.43. The summed E-state index contributed by atoms with van der Waals surface area (Å²) >= 11 is 0. The van der Waals surface area contributed by atoms with Gasteiger partial charge in [0.2, 0.25) is 0 Å². The minimum atomic E-state index is -0.519. The minimum Gasteiger partial charge on any atom is -0.342 e. The number of aryl methyl sites for hydroxylation is 1. The Morgan fingerprint density at radius 3 is 2.57 bits per heavy atom. The Kier molecular flexibility index (Phi) is 2.31. The van der Waals surface area contributed by atoms with Gasteiger partial charge in [-0.1, -0.05) is 30.3 Å². The van der Waals surface area contributed by atoms with Crippen molar-refractivity contribution in [3.8, 4) is 11.4 Å². The van der Waals surface area contributed by atoms with Gasteiger partial charge in [0.15, 0.2) is 0 Å². The summed E-state index contributed by atoms with van der Waals surface area (Å²) in [5.41, 5.74) is 2.27. The lowest BCUT2D eigenvalue weighted by Gasteiger charge is -1.93. The molecule has 3 heteroatoms. The fourth-order valence-corrected chi connectivity index (χ4v) is 1.36. The van der Waals surface area contributed by atoms with Gasteiger partial charge in [0.05, 0.1) is 5.69 Å². The molecule has 0 bridgehead atoms. The summed E-state index contributed by atoms with van der Waals surface area (Å²) in [7, 11) is 0. The topological polar surface area (TPSA) is 28.7 Å². The molecular formula is C11H11FN2. The van der Waals surface area contributed by atoms with Crippen molar-refractivity contribution in [3.05, 3.63) is 41.7 Å². The van der Waals surface area contributed by atoms with Gasteiger partial charge in [0.25, 0.3) is 0 Å². The molecule has 0 spiro atoms. The molecule has 14 heavy (non-hydrogen) atoms. The van der Waals surface area contributed by atoms with Gasteiger partial charge in [-0.15, -0.1) is 0 Å². The third-order valence-corrected chi connectivity index (χ3v) is 2.16. The maximum Gasteiger partial charge on any atom is 0.137 e. The average molecular weight is 190 g/mol. The van der Waals surface area contributed by atoms with Crippen LogP contribution in [0.3, 0.4) is 0 Å². The number of halogens is 1. The zero-order valence-electron chi connectivity index (χ0n) is 7.92. The number of alkyl halides is 1.